The predicted octanol–water partition coefficient (Wildman–Crippen LogP) is 2.80. The molecule has 1 rings (SSSR count). The maximum atomic E-state index is 12.2. The number of carboxylic acid groups (broad SMARTS) is 1. The Bertz CT molecular complexity index is 508. The summed E-state index contributed by atoms with van der Waals surface area (Å²) in [6.07, 6.45) is -0.730. The van der Waals surface area contributed by atoms with Crippen LogP contribution in [0.15, 0.2) is 24.3 Å². The monoisotopic (exact) mass is 307 g/mol. The van der Waals surface area contributed by atoms with Crippen molar-refractivity contribution < 1.29 is 19.4 Å². The summed E-state index contributed by atoms with van der Waals surface area (Å²) < 4.78 is 5.75. The van der Waals surface area contributed by atoms with E-state index >= 15 is 0 Å². The van der Waals surface area contributed by atoms with Crippen LogP contribution in [0.1, 0.15) is 46.1 Å². The molecule has 0 aliphatic carbocycles. The first kappa shape index (κ1) is 18.0. The van der Waals surface area contributed by atoms with Crippen LogP contribution in [-0.4, -0.2) is 29.1 Å². The highest BCUT2D eigenvalue weighted by Gasteiger charge is 2.27. The van der Waals surface area contributed by atoms with Gasteiger partial charge in [-0.2, -0.15) is 0 Å². The fourth-order valence-electron chi connectivity index (χ4n) is 1.93. The lowest BCUT2D eigenvalue weighted by Gasteiger charge is -2.23. The highest BCUT2D eigenvalue weighted by molar-refractivity contribution is 5.86. The molecule has 22 heavy (non-hydrogen) atoms. The van der Waals surface area contributed by atoms with Crippen LogP contribution in [0, 0.1) is 5.92 Å². The first-order chi connectivity index (χ1) is 10.2. The lowest BCUT2D eigenvalue weighted by molar-refractivity contribution is -0.143. The van der Waals surface area contributed by atoms with Gasteiger partial charge in [0.1, 0.15) is 11.8 Å². The van der Waals surface area contributed by atoms with Crippen molar-refractivity contribution in [2.45, 2.75) is 52.7 Å². The van der Waals surface area contributed by atoms with Gasteiger partial charge in [-0.15, -0.1) is 0 Å². The van der Waals surface area contributed by atoms with Crippen molar-refractivity contribution in [3.8, 4) is 5.75 Å². The molecule has 0 aliphatic heterocycles. The second-order valence-corrected chi connectivity index (χ2v) is 6.07. The molecule has 2 N–H and O–H groups in total. The zero-order valence-electron chi connectivity index (χ0n) is 13.8. The SMILES string of the molecule is CC(NC(=O)C(Oc1ccc(C(C)C)cc1)C(C)C)C(=O)O. The van der Waals surface area contributed by atoms with Crippen LogP contribution >= 0.6 is 0 Å². The van der Waals surface area contributed by atoms with Crippen molar-refractivity contribution in [3.05, 3.63) is 29.8 Å². The molecule has 2 atom stereocenters. The average molecular weight is 307 g/mol. The predicted molar refractivity (Wildman–Crippen MR) is 85.0 cm³/mol. The molecule has 0 fully saturated rings. The smallest absolute Gasteiger partial charge is 0.325 e. The van der Waals surface area contributed by atoms with Gasteiger partial charge in [0, 0.05) is 0 Å². The lowest BCUT2D eigenvalue weighted by Crippen LogP contribution is -2.47. The zero-order valence-corrected chi connectivity index (χ0v) is 13.8. The number of hydrogen-bond acceptors (Lipinski definition) is 3. The molecule has 1 aromatic rings. The normalized spacial score (nSPS) is 13.8. The van der Waals surface area contributed by atoms with E-state index in [1.54, 1.807) is 0 Å². The second kappa shape index (κ2) is 7.82. The van der Waals surface area contributed by atoms with E-state index in [0.29, 0.717) is 11.7 Å². The van der Waals surface area contributed by atoms with E-state index in [9.17, 15) is 9.59 Å². The Morgan fingerprint density at radius 2 is 1.59 bits per heavy atom. The van der Waals surface area contributed by atoms with E-state index in [2.05, 4.69) is 19.2 Å². The van der Waals surface area contributed by atoms with Gasteiger partial charge in [0.2, 0.25) is 0 Å². The molecule has 0 aromatic heterocycles. The molecule has 0 heterocycles. The Balaban J connectivity index is 2.79. The topological polar surface area (TPSA) is 75.6 Å². The van der Waals surface area contributed by atoms with Crippen molar-refractivity contribution in [1.29, 1.82) is 0 Å². The Morgan fingerprint density at radius 3 is 2.00 bits per heavy atom. The minimum Gasteiger partial charge on any atom is -0.480 e. The molecule has 5 nitrogen and oxygen atoms in total. The maximum absolute atomic E-state index is 12.2. The Hall–Kier alpha value is -2.04. The summed E-state index contributed by atoms with van der Waals surface area (Å²) in [5.74, 6) is -0.545. The van der Waals surface area contributed by atoms with Gasteiger partial charge in [-0.05, 0) is 36.5 Å². The molecule has 0 aliphatic rings. The van der Waals surface area contributed by atoms with E-state index in [0.717, 1.165) is 0 Å². The van der Waals surface area contributed by atoms with E-state index < -0.39 is 24.0 Å². The largest absolute Gasteiger partial charge is 0.480 e. The van der Waals surface area contributed by atoms with Gasteiger partial charge in [0.15, 0.2) is 6.10 Å². The third kappa shape index (κ3) is 5.06. The van der Waals surface area contributed by atoms with Crippen molar-refractivity contribution in [2.24, 2.45) is 5.92 Å². The van der Waals surface area contributed by atoms with Crippen molar-refractivity contribution in [3.63, 3.8) is 0 Å². The number of carbonyl (C=O) groups excluding carboxylic acids is 1. The van der Waals surface area contributed by atoms with Crippen molar-refractivity contribution in [1.82, 2.24) is 5.32 Å². The molecule has 0 spiro atoms. The van der Waals surface area contributed by atoms with Gasteiger partial charge in [0.05, 0.1) is 0 Å². The fourth-order valence-corrected chi connectivity index (χ4v) is 1.93. The Labute approximate surface area is 131 Å². The average Bonchev–Trinajstić information content (AvgIpc) is 2.44. The van der Waals surface area contributed by atoms with Crippen LogP contribution in [0.4, 0.5) is 0 Å². The van der Waals surface area contributed by atoms with Crippen LogP contribution in [-0.2, 0) is 9.59 Å². The van der Waals surface area contributed by atoms with E-state index in [1.807, 2.05) is 38.1 Å². The summed E-state index contributed by atoms with van der Waals surface area (Å²) >= 11 is 0. The molecular weight excluding hydrogens is 282 g/mol. The number of carbonyl (C=O) groups is 2. The van der Waals surface area contributed by atoms with E-state index in [-0.39, 0.29) is 5.92 Å². The van der Waals surface area contributed by atoms with Crippen LogP contribution in [0.5, 0.6) is 5.75 Å². The Kier molecular flexibility index (Phi) is 6.40. The highest BCUT2D eigenvalue weighted by Crippen LogP contribution is 2.21. The summed E-state index contributed by atoms with van der Waals surface area (Å²) in [6, 6.07) is 6.65. The fraction of sp³-hybridized carbons (Fsp3) is 0.529. The summed E-state index contributed by atoms with van der Waals surface area (Å²) in [5.41, 5.74) is 1.19. The van der Waals surface area contributed by atoms with Gasteiger partial charge in [0.25, 0.3) is 5.91 Å². The van der Waals surface area contributed by atoms with E-state index in [4.69, 9.17) is 9.84 Å². The Morgan fingerprint density at radius 1 is 1.05 bits per heavy atom. The van der Waals surface area contributed by atoms with Gasteiger partial charge < -0.3 is 15.2 Å². The summed E-state index contributed by atoms with van der Waals surface area (Å²) in [6.45, 7) is 9.35. The van der Waals surface area contributed by atoms with Crippen LogP contribution < -0.4 is 10.1 Å². The first-order valence-corrected chi connectivity index (χ1v) is 7.52. The van der Waals surface area contributed by atoms with Gasteiger partial charge in [-0.1, -0.05) is 39.8 Å². The molecule has 5 heteroatoms. The van der Waals surface area contributed by atoms with Gasteiger partial charge in [-0.3, -0.25) is 9.59 Å². The third-order valence-corrected chi connectivity index (χ3v) is 3.40. The number of carboxylic acids is 1. The summed E-state index contributed by atoms with van der Waals surface area (Å²) in [5, 5.41) is 11.3. The number of hydrogen-bond donors (Lipinski definition) is 2. The molecule has 2 unspecified atom stereocenters. The number of aliphatic carboxylic acids is 1. The molecule has 122 valence electrons. The summed E-state index contributed by atoms with van der Waals surface area (Å²) in [4.78, 5) is 23.0. The van der Waals surface area contributed by atoms with Crippen molar-refractivity contribution >= 4 is 11.9 Å². The summed E-state index contributed by atoms with van der Waals surface area (Å²) in [7, 11) is 0. The molecule has 0 radical (unpaired) electrons. The van der Waals surface area contributed by atoms with E-state index in [1.165, 1.54) is 12.5 Å². The first-order valence-electron chi connectivity index (χ1n) is 7.52. The number of nitrogens with one attached hydrogen (secondary N) is 1. The quantitative estimate of drug-likeness (QED) is 0.812. The van der Waals surface area contributed by atoms with Crippen LogP contribution in [0.2, 0.25) is 0 Å². The number of benzene rings is 1. The molecular formula is C17H25NO4. The van der Waals surface area contributed by atoms with Crippen LogP contribution in [0.25, 0.3) is 0 Å². The van der Waals surface area contributed by atoms with Crippen LogP contribution in [0.3, 0.4) is 0 Å². The van der Waals surface area contributed by atoms with Gasteiger partial charge in [-0.25, -0.2) is 0 Å². The molecule has 0 bridgehead atoms. The third-order valence-electron chi connectivity index (χ3n) is 3.40. The highest BCUT2D eigenvalue weighted by atomic mass is 16.5. The van der Waals surface area contributed by atoms with Crippen molar-refractivity contribution in [2.75, 3.05) is 0 Å². The maximum Gasteiger partial charge on any atom is 0.325 e. The number of rotatable bonds is 7. The number of amides is 1. The molecule has 1 amide bonds. The minimum atomic E-state index is -1.07. The molecule has 1 aromatic carbocycles. The standard InChI is InChI=1S/C17H25NO4/c1-10(2)13-6-8-14(9-7-13)22-15(11(3)4)16(19)18-12(5)17(20)21/h6-12,15H,1-5H3,(H,18,19)(H,20,21). The lowest BCUT2D eigenvalue weighted by atomic mass is 10.0. The minimum absolute atomic E-state index is 0.0780. The van der Waals surface area contributed by atoms with Gasteiger partial charge >= 0.3 is 5.97 Å². The zero-order chi connectivity index (χ0) is 16.9. The number of ether oxygens (including phenoxy) is 1. The molecule has 0 saturated carbocycles. The molecule has 0 saturated heterocycles. The second-order valence-electron chi connectivity index (χ2n) is 6.07.